The Bertz CT molecular complexity index is 155. The van der Waals surface area contributed by atoms with E-state index < -0.39 is 0 Å². The van der Waals surface area contributed by atoms with Gasteiger partial charge in [-0.2, -0.15) is 0 Å². The van der Waals surface area contributed by atoms with E-state index in [1.807, 2.05) is 0 Å². The van der Waals surface area contributed by atoms with Gasteiger partial charge in [0, 0.05) is 12.6 Å². The van der Waals surface area contributed by atoms with Crippen LogP contribution >= 0.6 is 0 Å². The van der Waals surface area contributed by atoms with E-state index in [1.54, 1.807) is 5.01 Å². The van der Waals surface area contributed by atoms with Crippen molar-refractivity contribution in [3.8, 4) is 0 Å². The van der Waals surface area contributed by atoms with Crippen LogP contribution in [-0.4, -0.2) is 24.0 Å². The lowest BCUT2D eigenvalue weighted by atomic mass is 9.96. The molecular formula is C11H22N2O. The molecule has 0 aromatic heterocycles. The van der Waals surface area contributed by atoms with E-state index in [0.29, 0.717) is 6.04 Å². The van der Waals surface area contributed by atoms with Crippen LogP contribution < -0.4 is 5.43 Å². The van der Waals surface area contributed by atoms with Crippen LogP contribution in [0.15, 0.2) is 0 Å². The van der Waals surface area contributed by atoms with Gasteiger partial charge < -0.3 is 0 Å². The summed E-state index contributed by atoms with van der Waals surface area (Å²) in [5.74, 6) is 0. The molecule has 0 unspecified atom stereocenters. The minimum atomic E-state index is 0.533. The third kappa shape index (κ3) is 4.09. The van der Waals surface area contributed by atoms with E-state index in [0.717, 1.165) is 25.8 Å². The number of hydrazine groups is 1. The molecule has 0 aliphatic heterocycles. The highest BCUT2D eigenvalue weighted by atomic mass is 16.1. The highest BCUT2D eigenvalue weighted by molar-refractivity contribution is 5.45. The van der Waals surface area contributed by atoms with Gasteiger partial charge in [-0.15, -0.1) is 0 Å². The first kappa shape index (κ1) is 11.5. The molecule has 0 radical (unpaired) electrons. The summed E-state index contributed by atoms with van der Waals surface area (Å²) < 4.78 is 0. The van der Waals surface area contributed by atoms with Gasteiger partial charge in [0.1, 0.15) is 0 Å². The Morgan fingerprint density at radius 2 is 2.07 bits per heavy atom. The zero-order chi connectivity index (χ0) is 10.2. The highest BCUT2D eigenvalue weighted by Crippen LogP contribution is 2.17. The summed E-state index contributed by atoms with van der Waals surface area (Å²) in [5, 5.41) is 1.72. The van der Waals surface area contributed by atoms with E-state index >= 15 is 0 Å². The maximum Gasteiger partial charge on any atom is 0.223 e. The molecule has 1 N–H and O–H groups in total. The lowest BCUT2D eigenvalue weighted by molar-refractivity contribution is -0.122. The molecule has 82 valence electrons. The number of hydrogen-bond donors (Lipinski definition) is 1. The highest BCUT2D eigenvalue weighted by Gasteiger charge is 2.14. The monoisotopic (exact) mass is 198 g/mol. The van der Waals surface area contributed by atoms with Crippen LogP contribution in [0.1, 0.15) is 51.9 Å². The largest absolute Gasteiger partial charge is 0.280 e. The second-order valence-corrected chi connectivity index (χ2v) is 4.12. The Hall–Kier alpha value is -0.570. The molecule has 0 aromatic carbocycles. The van der Waals surface area contributed by atoms with Crippen LogP contribution in [0.2, 0.25) is 0 Å². The molecule has 0 atom stereocenters. The Morgan fingerprint density at radius 3 is 2.64 bits per heavy atom. The molecule has 1 aliphatic rings. The third-order valence-corrected chi connectivity index (χ3v) is 2.83. The Balaban J connectivity index is 2.20. The van der Waals surface area contributed by atoms with Gasteiger partial charge in [0.15, 0.2) is 0 Å². The lowest BCUT2D eigenvalue weighted by Crippen LogP contribution is -2.45. The summed E-state index contributed by atoms with van der Waals surface area (Å²) in [6.45, 7) is 2.99. The molecular weight excluding hydrogens is 176 g/mol. The molecule has 0 spiro atoms. The fraction of sp³-hybridized carbons (Fsp3) is 0.909. The molecule has 0 heterocycles. The van der Waals surface area contributed by atoms with Crippen LogP contribution in [0.3, 0.4) is 0 Å². The first-order valence-corrected chi connectivity index (χ1v) is 5.85. The molecule has 0 bridgehead atoms. The quantitative estimate of drug-likeness (QED) is 0.523. The van der Waals surface area contributed by atoms with Crippen LogP contribution in [0.4, 0.5) is 0 Å². The lowest BCUT2D eigenvalue weighted by Gasteiger charge is -2.28. The zero-order valence-electron chi connectivity index (χ0n) is 9.17. The molecule has 0 aromatic rings. The smallest absolute Gasteiger partial charge is 0.223 e. The summed E-state index contributed by atoms with van der Waals surface area (Å²) in [6.07, 6.45) is 9.54. The molecule has 1 rings (SSSR count). The van der Waals surface area contributed by atoms with Gasteiger partial charge in [-0.3, -0.25) is 9.80 Å². The maximum absolute atomic E-state index is 10.7. The second kappa shape index (κ2) is 6.82. The molecule has 1 amide bonds. The van der Waals surface area contributed by atoms with Crippen molar-refractivity contribution in [3.63, 3.8) is 0 Å². The minimum absolute atomic E-state index is 0.533. The summed E-state index contributed by atoms with van der Waals surface area (Å²) in [5.41, 5.74) is 3.31. The molecule has 3 nitrogen and oxygen atoms in total. The molecule has 1 saturated carbocycles. The number of amides is 1. The van der Waals surface area contributed by atoms with Gasteiger partial charge in [0.05, 0.1) is 0 Å². The van der Waals surface area contributed by atoms with Crippen LogP contribution in [0.5, 0.6) is 0 Å². The average Bonchev–Trinajstić information content (AvgIpc) is 2.25. The van der Waals surface area contributed by atoms with Gasteiger partial charge in [-0.25, -0.2) is 5.43 Å². The SMILES string of the molecule is CCCCN(C=O)NC1CCCCC1. The van der Waals surface area contributed by atoms with Gasteiger partial charge in [-0.05, 0) is 19.3 Å². The van der Waals surface area contributed by atoms with Crippen LogP contribution in [0.25, 0.3) is 0 Å². The summed E-state index contributed by atoms with van der Waals surface area (Å²) in [6, 6.07) is 0.533. The topological polar surface area (TPSA) is 32.3 Å². The number of nitrogens with zero attached hydrogens (tertiary/aromatic N) is 1. The Labute approximate surface area is 86.8 Å². The Morgan fingerprint density at radius 1 is 1.36 bits per heavy atom. The number of hydrogen-bond acceptors (Lipinski definition) is 2. The fourth-order valence-electron chi connectivity index (χ4n) is 1.94. The van der Waals surface area contributed by atoms with Gasteiger partial charge in [0.25, 0.3) is 0 Å². The number of unbranched alkanes of at least 4 members (excludes halogenated alkanes) is 1. The number of carbonyl (C=O) groups is 1. The second-order valence-electron chi connectivity index (χ2n) is 4.12. The number of nitrogens with one attached hydrogen (secondary N) is 1. The predicted molar refractivity (Wildman–Crippen MR) is 57.7 cm³/mol. The Kier molecular flexibility index (Phi) is 5.60. The molecule has 1 fully saturated rings. The van der Waals surface area contributed by atoms with E-state index in [2.05, 4.69) is 12.3 Å². The number of carbonyl (C=O) groups excluding carboxylic acids is 1. The standard InChI is InChI=1S/C11H22N2O/c1-2-3-9-13(10-14)12-11-7-5-4-6-8-11/h10-12H,2-9H2,1H3. The van der Waals surface area contributed by atoms with Crippen molar-refractivity contribution < 1.29 is 4.79 Å². The van der Waals surface area contributed by atoms with Crippen LogP contribution in [-0.2, 0) is 4.79 Å². The number of rotatable bonds is 6. The molecule has 14 heavy (non-hydrogen) atoms. The maximum atomic E-state index is 10.7. The predicted octanol–water partition coefficient (Wildman–Crippen LogP) is 2.08. The van der Waals surface area contributed by atoms with Crippen molar-refractivity contribution in [1.82, 2.24) is 10.4 Å². The van der Waals surface area contributed by atoms with E-state index in [-0.39, 0.29) is 0 Å². The van der Waals surface area contributed by atoms with Crippen molar-refractivity contribution >= 4 is 6.41 Å². The van der Waals surface area contributed by atoms with Crippen molar-refractivity contribution in [3.05, 3.63) is 0 Å². The fourth-order valence-corrected chi connectivity index (χ4v) is 1.94. The van der Waals surface area contributed by atoms with E-state index in [4.69, 9.17) is 0 Å². The van der Waals surface area contributed by atoms with Gasteiger partial charge in [-0.1, -0.05) is 32.6 Å². The minimum Gasteiger partial charge on any atom is -0.280 e. The van der Waals surface area contributed by atoms with Crippen molar-refractivity contribution in [1.29, 1.82) is 0 Å². The van der Waals surface area contributed by atoms with Crippen molar-refractivity contribution in [2.24, 2.45) is 0 Å². The first-order valence-electron chi connectivity index (χ1n) is 5.85. The molecule has 0 saturated heterocycles. The van der Waals surface area contributed by atoms with Gasteiger partial charge in [0.2, 0.25) is 6.41 Å². The normalized spacial score (nSPS) is 18.1. The zero-order valence-corrected chi connectivity index (χ0v) is 9.17. The van der Waals surface area contributed by atoms with Gasteiger partial charge >= 0.3 is 0 Å². The summed E-state index contributed by atoms with van der Waals surface area (Å²) in [4.78, 5) is 10.7. The first-order chi connectivity index (χ1) is 6.86. The van der Waals surface area contributed by atoms with Crippen molar-refractivity contribution in [2.45, 2.75) is 57.9 Å². The third-order valence-electron chi connectivity index (χ3n) is 2.83. The van der Waals surface area contributed by atoms with E-state index in [9.17, 15) is 4.79 Å². The summed E-state index contributed by atoms with van der Waals surface area (Å²) in [7, 11) is 0. The van der Waals surface area contributed by atoms with E-state index in [1.165, 1.54) is 32.1 Å². The van der Waals surface area contributed by atoms with Crippen molar-refractivity contribution in [2.75, 3.05) is 6.54 Å². The molecule has 1 aliphatic carbocycles. The average molecular weight is 198 g/mol. The molecule has 3 heteroatoms. The summed E-state index contributed by atoms with van der Waals surface area (Å²) >= 11 is 0. The van der Waals surface area contributed by atoms with Crippen LogP contribution in [0, 0.1) is 0 Å².